The summed E-state index contributed by atoms with van der Waals surface area (Å²) in [7, 11) is -3.81. The average Bonchev–Trinajstić information content (AvgIpc) is 2.89. The molecule has 1 aliphatic heterocycles. The zero-order chi connectivity index (χ0) is 18.4. The Balaban J connectivity index is 2.00. The zero-order valence-electron chi connectivity index (χ0n) is 14.4. The number of carbonyl (C=O) groups excluding carboxylic acids is 1. The van der Waals surface area contributed by atoms with E-state index in [1.807, 2.05) is 13.8 Å². The van der Waals surface area contributed by atoms with Crippen molar-refractivity contribution in [1.29, 1.82) is 0 Å². The standard InChI is InChI=1S/C16H19N3O4S2/c1-10-8-24-15(17-10)18-25(21,22)12-5-6-14-13(7-12)19(11(2)20)9-16(3,4)23-14/h5-8H,9H2,1-4H3,(H,17,18). The summed E-state index contributed by atoms with van der Waals surface area (Å²) in [6.45, 7) is 7.34. The number of anilines is 2. The maximum absolute atomic E-state index is 12.6. The third-order valence-corrected chi connectivity index (χ3v) is 6.02. The molecule has 25 heavy (non-hydrogen) atoms. The molecule has 1 amide bonds. The molecule has 0 saturated heterocycles. The number of nitrogens with zero attached hydrogens (tertiary/aromatic N) is 2. The summed E-state index contributed by atoms with van der Waals surface area (Å²) in [5.74, 6) is 0.311. The van der Waals surface area contributed by atoms with Crippen LogP contribution in [0.1, 0.15) is 26.5 Å². The zero-order valence-corrected chi connectivity index (χ0v) is 16.0. The molecule has 0 unspecified atom stereocenters. The molecule has 7 nitrogen and oxygen atoms in total. The SMILES string of the molecule is CC(=O)N1CC(C)(C)Oc2ccc(S(=O)(=O)Nc3nc(C)cs3)cc21. The van der Waals surface area contributed by atoms with Crippen molar-refractivity contribution in [3.8, 4) is 5.75 Å². The number of fused-ring (bicyclic) bond motifs is 1. The summed E-state index contributed by atoms with van der Waals surface area (Å²) in [6, 6.07) is 4.49. The van der Waals surface area contributed by atoms with E-state index in [0.717, 1.165) is 5.69 Å². The van der Waals surface area contributed by atoms with Gasteiger partial charge in [0.1, 0.15) is 11.4 Å². The summed E-state index contributed by atoms with van der Waals surface area (Å²) >= 11 is 1.21. The number of rotatable bonds is 3. The number of ether oxygens (including phenoxy) is 1. The second kappa shape index (κ2) is 5.99. The highest BCUT2D eigenvalue weighted by atomic mass is 32.2. The van der Waals surface area contributed by atoms with Gasteiger partial charge >= 0.3 is 0 Å². The molecular weight excluding hydrogens is 362 g/mol. The van der Waals surface area contributed by atoms with E-state index in [-0.39, 0.29) is 10.8 Å². The number of nitrogens with one attached hydrogen (secondary N) is 1. The van der Waals surface area contributed by atoms with Gasteiger partial charge in [-0.1, -0.05) is 0 Å². The monoisotopic (exact) mass is 381 g/mol. The second-order valence-electron chi connectivity index (χ2n) is 6.50. The van der Waals surface area contributed by atoms with Crippen LogP contribution in [0.3, 0.4) is 0 Å². The van der Waals surface area contributed by atoms with Gasteiger partial charge in [-0.3, -0.25) is 9.52 Å². The highest BCUT2D eigenvalue weighted by Gasteiger charge is 2.34. The fourth-order valence-electron chi connectivity index (χ4n) is 2.61. The molecule has 1 aromatic carbocycles. The predicted molar refractivity (Wildman–Crippen MR) is 96.8 cm³/mol. The van der Waals surface area contributed by atoms with Crippen molar-refractivity contribution in [2.45, 2.75) is 38.2 Å². The lowest BCUT2D eigenvalue weighted by Gasteiger charge is -2.39. The van der Waals surface area contributed by atoms with Crippen LogP contribution in [-0.2, 0) is 14.8 Å². The number of hydrogen-bond donors (Lipinski definition) is 1. The molecule has 0 atom stereocenters. The molecule has 0 saturated carbocycles. The summed E-state index contributed by atoms with van der Waals surface area (Å²) in [5, 5.41) is 2.06. The van der Waals surface area contributed by atoms with Crippen LogP contribution in [0.2, 0.25) is 0 Å². The number of thiazole rings is 1. The summed E-state index contributed by atoms with van der Waals surface area (Å²) in [5.41, 5.74) is 0.645. The van der Waals surface area contributed by atoms with Gasteiger partial charge in [0, 0.05) is 12.3 Å². The van der Waals surface area contributed by atoms with Crippen molar-refractivity contribution in [1.82, 2.24) is 4.98 Å². The van der Waals surface area contributed by atoms with E-state index < -0.39 is 15.6 Å². The van der Waals surface area contributed by atoms with Gasteiger partial charge in [0.15, 0.2) is 5.13 Å². The summed E-state index contributed by atoms with van der Waals surface area (Å²) in [6.07, 6.45) is 0. The smallest absolute Gasteiger partial charge is 0.263 e. The van der Waals surface area contributed by atoms with E-state index in [1.165, 1.54) is 35.3 Å². The lowest BCUT2D eigenvalue weighted by Crippen LogP contribution is -2.48. The Bertz CT molecular complexity index is 935. The Hall–Kier alpha value is -2.13. The number of sulfonamides is 1. The van der Waals surface area contributed by atoms with Crippen LogP contribution in [0.5, 0.6) is 5.75 Å². The highest BCUT2D eigenvalue weighted by Crippen LogP contribution is 2.38. The lowest BCUT2D eigenvalue weighted by atomic mass is 10.1. The number of benzene rings is 1. The topological polar surface area (TPSA) is 88.6 Å². The van der Waals surface area contributed by atoms with Crippen molar-refractivity contribution in [3.05, 3.63) is 29.3 Å². The van der Waals surface area contributed by atoms with Gasteiger partial charge in [0.05, 0.1) is 22.8 Å². The van der Waals surface area contributed by atoms with Crippen molar-refractivity contribution < 1.29 is 17.9 Å². The van der Waals surface area contributed by atoms with Crippen molar-refractivity contribution in [3.63, 3.8) is 0 Å². The quantitative estimate of drug-likeness (QED) is 0.883. The Morgan fingerprint density at radius 2 is 2.12 bits per heavy atom. The molecule has 1 aromatic heterocycles. The van der Waals surface area contributed by atoms with E-state index in [1.54, 1.807) is 18.4 Å². The van der Waals surface area contributed by atoms with Gasteiger partial charge in [-0.05, 0) is 39.0 Å². The largest absolute Gasteiger partial charge is 0.484 e. The molecule has 134 valence electrons. The van der Waals surface area contributed by atoms with Crippen LogP contribution in [0.4, 0.5) is 10.8 Å². The first-order valence-corrected chi connectivity index (χ1v) is 10.00. The van der Waals surface area contributed by atoms with Crippen LogP contribution in [0, 0.1) is 6.92 Å². The number of aromatic nitrogens is 1. The van der Waals surface area contributed by atoms with Crippen molar-refractivity contribution >= 4 is 38.1 Å². The molecule has 0 spiro atoms. The number of carbonyl (C=O) groups is 1. The molecule has 2 heterocycles. The molecule has 2 aromatic rings. The van der Waals surface area contributed by atoms with Crippen molar-refractivity contribution in [2.75, 3.05) is 16.2 Å². The van der Waals surface area contributed by atoms with Crippen LogP contribution in [0.25, 0.3) is 0 Å². The van der Waals surface area contributed by atoms with Gasteiger partial charge in [0.2, 0.25) is 5.91 Å². The molecule has 0 bridgehead atoms. The van der Waals surface area contributed by atoms with Crippen LogP contribution >= 0.6 is 11.3 Å². The van der Waals surface area contributed by atoms with Gasteiger partial charge in [-0.15, -0.1) is 11.3 Å². The minimum absolute atomic E-state index is 0.0497. The van der Waals surface area contributed by atoms with Gasteiger partial charge in [-0.25, -0.2) is 13.4 Å². The van der Waals surface area contributed by atoms with Gasteiger partial charge < -0.3 is 9.64 Å². The molecule has 9 heteroatoms. The highest BCUT2D eigenvalue weighted by molar-refractivity contribution is 7.93. The average molecular weight is 381 g/mol. The molecule has 3 rings (SSSR count). The molecular formula is C16H19N3O4S2. The van der Waals surface area contributed by atoms with E-state index in [2.05, 4.69) is 9.71 Å². The molecule has 0 radical (unpaired) electrons. The van der Waals surface area contributed by atoms with E-state index in [9.17, 15) is 13.2 Å². The fourth-order valence-corrected chi connectivity index (χ4v) is 4.57. The summed E-state index contributed by atoms with van der Waals surface area (Å²) in [4.78, 5) is 17.7. The Morgan fingerprint density at radius 1 is 1.40 bits per heavy atom. The van der Waals surface area contributed by atoms with Gasteiger partial charge in [0.25, 0.3) is 10.0 Å². The third kappa shape index (κ3) is 3.62. The number of amides is 1. The van der Waals surface area contributed by atoms with Gasteiger partial charge in [-0.2, -0.15) is 0 Å². The summed E-state index contributed by atoms with van der Waals surface area (Å²) < 4.78 is 33.6. The minimum atomic E-state index is -3.81. The van der Waals surface area contributed by atoms with E-state index in [4.69, 9.17) is 4.74 Å². The first kappa shape index (κ1) is 17.7. The first-order chi connectivity index (χ1) is 11.6. The Morgan fingerprint density at radius 3 is 2.72 bits per heavy atom. The van der Waals surface area contributed by atoms with Crippen LogP contribution in [-0.4, -0.2) is 31.5 Å². The minimum Gasteiger partial charge on any atom is -0.484 e. The van der Waals surface area contributed by atoms with Crippen LogP contribution < -0.4 is 14.4 Å². The Labute approximate surface area is 150 Å². The van der Waals surface area contributed by atoms with Crippen LogP contribution in [0.15, 0.2) is 28.5 Å². The normalized spacial score (nSPS) is 16.1. The van der Waals surface area contributed by atoms with Crippen molar-refractivity contribution in [2.24, 2.45) is 0 Å². The fraction of sp³-hybridized carbons (Fsp3) is 0.375. The maximum Gasteiger partial charge on any atom is 0.263 e. The third-order valence-electron chi connectivity index (χ3n) is 3.68. The molecule has 0 aliphatic carbocycles. The molecule has 1 aliphatic rings. The maximum atomic E-state index is 12.6. The van der Waals surface area contributed by atoms with E-state index >= 15 is 0 Å². The number of aryl methyl sites for hydroxylation is 1. The Kier molecular flexibility index (Phi) is 4.24. The lowest BCUT2D eigenvalue weighted by molar-refractivity contribution is -0.117. The van der Waals surface area contributed by atoms with E-state index in [0.29, 0.717) is 23.1 Å². The molecule has 0 fully saturated rings. The first-order valence-electron chi connectivity index (χ1n) is 7.63. The molecule has 1 N–H and O–H groups in total. The predicted octanol–water partition coefficient (Wildman–Crippen LogP) is 2.78. The number of hydrogen-bond acceptors (Lipinski definition) is 6. The second-order valence-corrected chi connectivity index (χ2v) is 9.04.